The van der Waals surface area contributed by atoms with Crippen molar-refractivity contribution in [2.45, 2.75) is 6.42 Å². The molecule has 0 spiro atoms. The summed E-state index contributed by atoms with van der Waals surface area (Å²) in [6.07, 6.45) is 0.629. The lowest BCUT2D eigenvalue weighted by molar-refractivity contribution is 0.252. The second kappa shape index (κ2) is 9.56. The molecule has 2 aromatic carbocycles. The highest BCUT2D eigenvalue weighted by Gasteiger charge is 2.13. The van der Waals surface area contributed by atoms with Crippen LogP contribution >= 0.6 is 0 Å². The summed E-state index contributed by atoms with van der Waals surface area (Å²) in [4.78, 5) is 14.1. The third-order valence-electron chi connectivity index (χ3n) is 4.07. The number of ether oxygens (including phenoxy) is 3. The van der Waals surface area contributed by atoms with Gasteiger partial charge in [-0.2, -0.15) is 0 Å². The molecule has 146 valence electrons. The molecule has 0 saturated heterocycles. The van der Waals surface area contributed by atoms with Gasteiger partial charge in [0.15, 0.2) is 11.5 Å². The number of carbonyl (C=O) groups is 1. The molecule has 0 aliphatic carbocycles. The average Bonchev–Trinajstić information content (AvgIpc) is 2.67. The molecular formula is C20H27N3O4. The summed E-state index contributed by atoms with van der Waals surface area (Å²) in [6.45, 7) is 0.472. The van der Waals surface area contributed by atoms with Crippen LogP contribution in [-0.4, -0.2) is 48.0 Å². The summed E-state index contributed by atoms with van der Waals surface area (Å²) in [7, 11) is 8.66. The van der Waals surface area contributed by atoms with Crippen molar-refractivity contribution < 1.29 is 19.0 Å². The van der Waals surface area contributed by atoms with Crippen molar-refractivity contribution in [3.8, 4) is 17.2 Å². The second-order valence-electron chi connectivity index (χ2n) is 6.11. The van der Waals surface area contributed by atoms with Crippen molar-refractivity contribution in [1.82, 2.24) is 5.32 Å². The minimum absolute atomic E-state index is 0.250. The molecule has 0 heterocycles. The minimum Gasteiger partial charge on any atom is -0.493 e. The molecule has 0 saturated carbocycles. The van der Waals surface area contributed by atoms with Gasteiger partial charge in [-0.25, -0.2) is 4.79 Å². The van der Waals surface area contributed by atoms with Gasteiger partial charge in [-0.3, -0.25) is 0 Å². The predicted octanol–water partition coefficient (Wildman–Crippen LogP) is 3.14. The van der Waals surface area contributed by atoms with Crippen LogP contribution in [0.1, 0.15) is 5.56 Å². The van der Waals surface area contributed by atoms with Crippen LogP contribution in [-0.2, 0) is 6.42 Å². The van der Waals surface area contributed by atoms with E-state index in [1.165, 1.54) is 0 Å². The maximum Gasteiger partial charge on any atom is 0.319 e. The monoisotopic (exact) mass is 373 g/mol. The molecule has 2 rings (SSSR count). The average molecular weight is 373 g/mol. The number of urea groups is 1. The van der Waals surface area contributed by atoms with Crippen LogP contribution < -0.4 is 29.7 Å². The molecular weight excluding hydrogens is 346 g/mol. The molecule has 0 radical (unpaired) electrons. The smallest absolute Gasteiger partial charge is 0.319 e. The van der Waals surface area contributed by atoms with Gasteiger partial charge in [0.2, 0.25) is 5.75 Å². The van der Waals surface area contributed by atoms with Crippen LogP contribution in [0.5, 0.6) is 17.2 Å². The van der Waals surface area contributed by atoms with Crippen LogP contribution in [0, 0.1) is 0 Å². The molecule has 27 heavy (non-hydrogen) atoms. The summed E-state index contributed by atoms with van der Waals surface area (Å²) in [6, 6.07) is 11.1. The number of hydrogen-bond donors (Lipinski definition) is 2. The Bertz CT molecular complexity index is 735. The maximum atomic E-state index is 12.1. The number of hydrogen-bond acceptors (Lipinski definition) is 5. The third-order valence-corrected chi connectivity index (χ3v) is 4.07. The number of nitrogens with one attached hydrogen (secondary N) is 2. The van der Waals surface area contributed by atoms with Crippen LogP contribution in [0.15, 0.2) is 36.4 Å². The van der Waals surface area contributed by atoms with Crippen molar-refractivity contribution in [3.05, 3.63) is 42.0 Å². The highest BCUT2D eigenvalue weighted by Crippen LogP contribution is 2.38. The lowest BCUT2D eigenvalue weighted by Crippen LogP contribution is -2.30. The highest BCUT2D eigenvalue weighted by atomic mass is 16.5. The SMILES string of the molecule is COc1cc(CCNC(=O)Nc2ccc(N(C)C)cc2)cc(OC)c1OC. The topological polar surface area (TPSA) is 72.1 Å². The van der Waals surface area contributed by atoms with Gasteiger partial charge in [0.05, 0.1) is 21.3 Å². The Labute approximate surface area is 160 Å². The Morgan fingerprint density at radius 2 is 1.56 bits per heavy atom. The summed E-state index contributed by atoms with van der Waals surface area (Å²) in [5.74, 6) is 1.74. The number of nitrogens with zero attached hydrogens (tertiary/aromatic N) is 1. The largest absolute Gasteiger partial charge is 0.493 e. The number of methoxy groups -OCH3 is 3. The summed E-state index contributed by atoms with van der Waals surface area (Å²) in [5.41, 5.74) is 2.79. The standard InChI is InChI=1S/C20H27N3O4/c1-23(2)16-8-6-15(7-9-16)22-20(24)21-11-10-14-12-17(25-3)19(27-5)18(13-14)26-4/h6-9,12-13H,10-11H2,1-5H3,(H2,21,22,24). The Morgan fingerprint density at radius 1 is 0.963 bits per heavy atom. The fraction of sp³-hybridized carbons (Fsp3) is 0.350. The summed E-state index contributed by atoms with van der Waals surface area (Å²) < 4.78 is 16.0. The Balaban J connectivity index is 1.91. The molecule has 7 heteroatoms. The van der Waals surface area contributed by atoms with Crippen LogP contribution in [0.2, 0.25) is 0 Å². The van der Waals surface area contributed by atoms with Gasteiger partial charge < -0.3 is 29.7 Å². The first-order valence-electron chi connectivity index (χ1n) is 8.59. The summed E-state index contributed by atoms with van der Waals surface area (Å²) in [5, 5.41) is 5.67. The molecule has 0 bridgehead atoms. The molecule has 0 aromatic heterocycles. The third kappa shape index (κ3) is 5.44. The van der Waals surface area contributed by atoms with Gasteiger partial charge in [0.1, 0.15) is 0 Å². The highest BCUT2D eigenvalue weighted by molar-refractivity contribution is 5.89. The first kappa shape index (κ1) is 20.2. The zero-order valence-electron chi connectivity index (χ0n) is 16.5. The predicted molar refractivity (Wildman–Crippen MR) is 108 cm³/mol. The van der Waals surface area contributed by atoms with E-state index in [0.717, 1.165) is 16.9 Å². The number of rotatable bonds is 8. The lowest BCUT2D eigenvalue weighted by Gasteiger charge is -2.15. The molecule has 2 aromatic rings. The van der Waals surface area contributed by atoms with Crippen molar-refractivity contribution in [1.29, 1.82) is 0 Å². The number of amides is 2. The van der Waals surface area contributed by atoms with Gasteiger partial charge >= 0.3 is 6.03 Å². The van der Waals surface area contributed by atoms with Crippen molar-refractivity contribution >= 4 is 17.4 Å². The van der Waals surface area contributed by atoms with Gasteiger partial charge in [-0.1, -0.05) is 0 Å². The van der Waals surface area contributed by atoms with E-state index in [1.807, 2.05) is 55.4 Å². The van der Waals surface area contributed by atoms with E-state index in [-0.39, 0.29) is 6.03 Å². The van der Waals surface area contributed by atoms with Crippen molar-refractivity contribution in [2.24, 2.45) is 0 Å². The first-order valence-corrected chi connectivity index (χ1v) is 8.59. The normalized spacial score (nSPS) is 10.1. The Kier molecular flexibility index (Phi) is 7.16. The number of carbonyl (C=O) groups excluding carboxylic acids is 1. The Hall–Kier alpha value is -3.09. The number of benzene rings is 2. The molecule has 2 amide bonds. The first-order chi connectivity index (χ1) is 13.0. The molecule has 0 atom stereocenters. The molecule has 0 aliphatic rings. The number of anilines is 2. The van der Waals surface area contributed by atoms with E-state index in [9.17, 15) is 4.79 Å². The van der Waals surface area contributed by atoms with Gasteiger partial charge in [0.25, 0.3) is 0 Å². The van der Waals surface area contributed by atoms with E-state index in [1.54, 1.807) is 21.3 Å². The summed E-state index contributed by atoms with van der Waals surface area (Å²) >= 11 is 0. The fourth-order valence-corrected chi connectivity index (χ4v) is 2.62. The Morgan fingerprint density at radius 3 is 2.04 bits per heavy atom. The molecule has 2 N–H and O–H groups in total. The van der Waals surface area contributed by atoms with Crippen molar-refractivity contribution in [2.75, 3.05) is 52.2 Å². The molecule has 7 nitrogen and oxygen atoms in total. The van der Waals surface area contributed by atoms with E-state index < -0.39 is 0 Å². The maximum absolute atomic E-state index is 12.1. The van der Waals surface area contributed by atoms with E-state index in [2.05, 4.69) is 10.6 Å². The molecule has 0 aliphatic heterocycles. The zero-order valence-corrected chi connectivity index (χ0v) is 16.5. The quantitative estimate of drug-likeness (QED) is 0.744. The van der Waals surface area contributed by atoms with E-state index in [0.29, 0.717) is 30.2 Å². The van der Waals surface area contributed by atoms with E-state index >= 15 is 0 Å². The van der Waals surface area contributed by atoms with E-state index in [4.69, 9.17) is 14.2 Å². The van der Waals surface area contributed by atoms with Gasteiger partial charge in [0, 0.05) is 32.0 Å². The van der Waals surface area contributed by atoms with Gasteiger partial charge in [-0.15, -0.1) is 0 Å². The second-order valence-corrected chi connectivity index (χ2v) is 6.11. The van der Waals surface area contributed by atoms with Crippen molar-refractivity contribution in [3.63, 3.8) is 0 Å². The molecule has 0 unspecified atom stereocenters. The zero-order chi connectivity index (χ0) is 19.8. The van der Waals surface area contributed by atoms with Crippen LogP contribution in [0.4, 0.5) is 16.2 Å². The van der Waals surface area contributed by atoms with Crippen LogP contribution in [0.3, 0.4) is 0 Å². The van der Waals surface area contributed by atoms with Crippen LogP contribution in [0.25, 0.3) is 0 Å². The fourth-order valence-electron chi connectivity index (χ4n) is 2.62. The lowest BCUT2D eigenvalue weighted by atomic mass is 10.1. The molecule has 0 fully saturated rings. The minimum atomic E-state index is -0.250. The van der Waals surface area contributed by atoms with Gasteiger partial charge in [-0.05, 0) is 48.4 Å².